The molecule has 0 aliphatic heterocycles. The van der Waals surface area contributed by atoms with E-state index in [1.165, 1.54) is 0 Å². The quantitative estimate of drug-likeness (QED) is 0.754. The highest BCUT2D eigenvalue weighted by molar-refractivity contribution is 5.54. The molecule has 1 atom stereocenters. The van der Waals surface area contributed by atoms with Gasteiger partial charge in [0.25, 0.3) is 0 Å². The van der Waals surface area contributed by atoms with Crippen LogP contribution in [0.1, 0.15) is 18.5 Å². The standard InChI is InChI=1S/C12H11N3.C6H6/c1-9(7-13)11-8-14-12(15-11)10-5-3-2-4-6-10;1-2-4-6-5-3-1/h2-6,8-9H,1H3,(H,14,15);1-6H. The summed E-state index contributed by atoms with van der Waals surface area (Å²) in [7, 11) is 0. The minimum atomic E-state index is -0.168. The molecular formula is C18H17N3. The molecule has 0 amide bonds. The number of imidazole rings is 1. The SMILES string of the molecule is CC(C#N)c1c[nH]c(-c2ccccc2)n1.c1ccccc1. The number of benzene rings is 2. The molecule has 2 aromatic carbocycles. The van der Waals surface area contributed by atoms with E-state index in [0.29, 0.717) is 0 Å². The van der Waals surface area contributed by atoms with E-state index in [-0.39, 0.29) is 5.92 Å². The number of hydrogen-bond acceptors (Lipinski definition) is 2. The first-order valence-electron chi connectivity index (χ1n) is 6.81. The number of nitrogens with zero attached hydrogens (tertiary/aromatic N) is 2. The van der Waals surface area contributed by atoms with Crippen molar-refractivity contribution in [3.05, 3.63) is 78.6 Å². The van der Waals surface area contributed by atoms with Gasteiger partial charge in [-0.05, 0) is 6.92 Å². The third kappa shape index (κ3) is 4.32. The minimum Gasteiger partial charge on any atom is -0.344 e. The Balaban J connectivity index is 0.000000225. The van der Waals surface area contributed by atoms with Crippen molar-refractivity contribution >= 4 is 0 Å². The van der Waals surface area contributed by atoms with Crippen LogP contribution in [0.15, 0.2) is 72.9 Å². The number of rotatable bonds is 2. The topological polar surface area (TPSA) is 52.5 Å². The fourth-order valence-corrected chi connectivity index (χ4v) is 1.75. The highest BCUT2D eigenvalue weighted by atomic mass is 14.9. The number of nitriles is 1. The first-order chi connectivity index (χ1) is 10.3. The average molecular weight is 275 g/mol. The first kappa shape index (κ1) is 14.5. The fourth-order valence-electron chi connectivity index (χ4n) is 1.75. The van der Waals surface area contributed by atoms with Gasteiger partial charge in [0, 0.05) is 11.8 Å². The lowest BCUT2D eigenvalue weighted by Crippen LogP contribution is -1.88. The Morgan fingerprint density at radius 2 is 1.48 bits per heavy atom. The molecule has 0 radical (unpaired) electrons. The molecule has 3 rings (SSSR count). The fraction of sp³-hybridized carbons (Fsp3) is 0.111. The summed E-state index contributed by atoms with van der Waals surface area (Å²) >= 11 is 0. The van der Waals surface area contributed by atoms with Crippen LogP contribution in [0.25, 0.3) is 11.4 Å². The third-order valence-electron chi connectivity index (χ3n) is 2.95. The second kappa shape index (κ2) is 7.66. The Kier molecular flexibility index (Phi) is 5.31. The Labute approximate surface area is 124 Å². The van der Waals surface area contributed by atoms with Crippen LogP contribution in [-0.2, 0) is 0 Å². The van der Waals surface area contributed by atoms with Crippen LogP contribution >= 0.6 is 0 Å². The largest absolute Gasteiger partial charge is 0.344 e. The molecule has 0 saturated carbocycles. The summed E-state index contributed by atoms with van der Waals surface area (Å²) in [6.45, 7) is 1.84. The van der Waals surface area contributed by atoms with E-state index in [1.54, 1.807) is 6.20 Å². The summed E-state index contributed by atoms with van der Waals surface area (Å²) in [5.41, 5.74) is 1.82. The molecule has 0 bridgehead atoms. The second-order valence-electron chi connectivity index (χ2n) is 4.55. The Hall–Kier alpha value is -2.86. The molecule has 1 N–H and O–H groups in total. The van der Waals surface area contributed by atoms with Crippen molar-refractivity contribution in [1.29, 1.82) is 5.26 Å². The molecule has 3 nitrogen and oxygen atoms in total. The van der Waals surface area contributed by atoms with E-state index in [2.05, 4.69) is 16.0 Å². The monoisotopic (exact) mass is 275 g/mol. The van der Waals surface area contributed by atoms with Crippen LogP contribution in [0.4, 0.5) is 0 Å². The average Bonchev–Trinajstić information content (AvgIpc) is 3.07. The molecule has 3 aromatic rings. The molecule has 3 heteroatoms. The van der Waals surface area contributed by atoms with Gasteiger partial charge in [-0.15, -0.1) is 0 Å². The van der Waals surface area contributed by atoms with Gasteiger partial charge in [-0.1, -0.05) is 66.7 Å². The van der Waals surface area contributed by atoms with Crippen LogP contribution in [0.5, 0.6) is 0 Å². The highest BCUT2D eigenvalue weighted by Crippen LogP contribution is 2.18. The molecule has 0 saturated heterocycles. The summed E-state index contributed by atoms with van der Waals surface area (Å²) in [5.74, 6) is 0.645. The Morgan fingerprint density at radius 1 is 0.952 bits per heavy atom. The van der Waals surface area contributed by atoms with Crippen molar-refractivity contribution in [1.82, 2.24) is 9.97 Å². The zero-order valence-corrected chi connectivity index (χ0v) is 11.9. The molecule has 1 heterocycles. The van der Waals surface area contributed by atoms with Crippen LogP contribution in [-0.4, -0.2) is 9.97 Å². The normalized spacial score (nSPS) is 10.9. The molecule has 104 valence electrons. The van der Waals surface area contributed by atoms with Crippen molar-refractivity contribution in [3.8, 4) is 17.5 Å². The second-order valence-corrected chi connectivity index (χ2v) is 4.55. The number of H-pyrrole nitrogens is 1. The van der Waals surface area contributed by atoms with E-state index in [0.717, 1.165) is 17.1 Å². The smallest absolute Gasteiger partial charge is 0.137 e. The van der Waals surface area contributed by atoms with E-state index in [4.69, 9.17) is 5.26 Å². The molecule has 0 aliphatic rings. The van der Waals surface area contributed by atoms with Gasteiger partial charge in [0.1, 0.15) is 5.82 Å². The zero-order chi connectivity index (χ0) is 14.9. The van der Waals surface area contributed by atoms with E-state index in [1.807, 2.05) is 73.7 Å². The van der Waals surface area contributed by atoms with E-state index < -0.39 is 0 Å². The molecule has 0 fully saturated rings. The van der Waals surface area contributed by atoms with Gasteiger partial charge in [0.2, 0.25) is 0 Å². The van der Waals surface area contributed by atoms with Crippen molar-refractivity contribution in [3.63, 3.8) is 0 Å². The zero-order valence-electron chi connectivity index (χ0n) is 11.9. The van der Waals surface area contributed by atoms with Gasteiger partial charge < -0.3 is 4.98 Å². The number of nitrogens with one attached hydrogen (secondary N) is 1. The van der Waals surface area contributed by atoms with Crippen molar-refractivity contribution in [2.45, 2.75) is 12.8 Å². The molecule has 1 aromatic heterocycles. The van der Waals surface area contributed by atoms with Gasteiger partial charge in [-0.2, -0.15) is 5.26 Å². The summed E-state index contributed by atoms with van der Waals surface area (Å²) in [6, 6.07) is 24.0. The molecule has 1 unspecified atom stereocenters. The lowest BCUT2D eigenvalue weighted by atomic mass is 10.1. The van der Waals surface area contributed by atoms with Crippen LogP contribution in [0, 0.1) is 11.3 Å². The maximum absolute atomic E-state index is 8.76. The molecular weight excluding hydrogens is 258 g/mol. The van der Waals surface area contributed by atoms with Gasteiger partial charge in [0.15, 0.2) is 0 Å². The summed E-state index contributed by atoms with van der Waals surface area (Å²) < 4.78 is 0. The minimum absolute atomic E-state index is 0.168. The Bertz CT molecular complexity index is 655. The Morgan fingerprint density at radius 3 is 2.00 bits per heavy atom. The maximum atomic E-state index is 8.76. The summed E-state index contributed by atoms with van der Waals surface area (Å²) in [6.07, 6.45) is 1.79. The van der Waals surface area contributed by atoms with Gasteiger partial charge in [0.05, 0.1) is 17.7 Å². The van der Waals surface area contributed by atoms with Crippen LogP contribution < -0.4 is 0 Å². The van der Waals surface area contributed by atoms with Gasteiger partial charge in [-0.3, -0.25) is 0 Å². The van der Waals surface area contributed by atoms with E-state index >= 15 is 0 Å². The lowest BCUT2D eigenvalue weighted by Gasteiger charge is -1.95. The number of aromatic amines is 1. The summed E-state index contributed by atoms with van der Waals surface area (Å²) in [4.78, 5) is 7.45. The third-order valence-corrected chi connectivity index (χ3v) is 2.95. The van der Waals surface area contributed by atoms with Gasteiger partial charge >= 0.3 is 0 Å². The van der Waals surface area contributed by atoms with Crippen molar-refractivity contribution in [2.24, 2.45) is 0 Å². The summed E-state index contributed by atoms with van der Waals surface area (Å²) in [5, 5.41) is 8.76. The predicted octanol–water partition coefficient (Wildman–Crippen LogP) is 4.39. The predicted molar refractivity (Wildman–Crippen MR) is 84.5 cm³/mol. The molecule has 21 heavy (non-hydrogen) atoms. The van der Waals surface area contributed by atoms with E-state index in [9.17, 15) is 0 Å². The van der Waals surface area contributed by atoms with Crippen LogP contribution in [0.2, 0.25) is 0 Å². The highest BCUT2D eigenvalue weighted by Gasteiger charge is 2.08. The maximum Gasteiger partial charge on any atom is 0.137 e. The number of hydrogen-bond donors (Lipinski definition) is 1. The molecule has 0 spiro atoms. The first-order valence-corrected chi connectivity index (χ1v) is 6.81. The molecule has 0 aliphatic carbocycles. The van der Waals surface area contributed by atoms with Crippen molar-refractivity contribution < 1.29 is 0 Å². The van der Waals surface area contributed by atoms with Crippen LogP contribution in [0.3, 0.4) is 0 Å². The van der Waals surface area contributed by atoms with Crippen molar-refractivity contribution in [2.75, 3.05) is 0 Å². The number of aromatic nitrogens is 2. The lowest BCUT2D eigenvalue weighted by molar-refractivity contribution is 0.936. The van der Waals surface area contributed by atoms with Gasteiger partial charge in [-0.25, -0.2) is 4.98 Å².